The third-order valence-corrected chi connectivity index (χ3v) is 4.73. The van der Waals surface area contributed by atoms with E-state index in [9.17, 15) is 0 Å². The van der Waals surface area contributed by atoms with Crippen LogP contribution in [0.1, 0.15) is 12.5 Å². The van der Waals surface area contributed by atoms with E-state index in [0.717, 1.165) is 27.7 Å². The van der Waals surface area contributed by atoms with Crippen molar-refractivity contribution in [2.45, 2.75) is 13.3 Å². The van der Waals surface area contributed by atoms with Gasteiger partial charge in [0.1, 0.15) is 16.8 Å². The maximum absolute atomic E-state index is 6.03. The number of fused-ring (bicyclic) bond motifs is 2. The molecule has 0 aliphatic heterocycles. The first-order valence-corrected chi connectivity index (χ1v) is 8.38. The molecule has 0 radical (unpaired) electrons. The molecule has 0 saturated carbocycles. The summed E-state index contributed by atoms with van der Waals surface area (Å²) in [6.45, 7) is 2.11. The Hall–Kier alpha value is -2.80. The molecule has 0 spiro atoms. The van der Waals surface area contributed by atoms with Crippen LogP contribution >= 0.6 is 11.3 Å². The van der Waals surface area contributed by atoms with Crippen molar-refractivity contribution in [1.29, 1.82) is 0 Å². The van der Waals surface area contributed by atoms with E-state index in [2.05, 4.69) is 22.2 Å². The molecule has 2 aromatic carbocycles. The van der Waals surface area contributed by atoms with Crippen LogP contribution in [0.2, 0.25) is 0 Å². The standard InChI is InChI=1S/C17H16N4O2S/c1-3-9-4-5-13-12(6-9)19-16(23-13)21-17-20-15-11(18)7-10(22-2)8-14(15)24-17/h4-8H,3,18H2,1-2H3,(H,19,20,21). The van der Waals surface area contributed by atoms with Gasteiger partial charge in [0.2, 0.25) is 0 Å². The highest BCUT2D eigenvalue weighted by Gasteiger charge is 2.12. The molecule has 24 heavy (non-hydrogen) atoms. The van der Waals surface area contributed by atoms with E-state index in [1.54, 1.807) is 13.2 Å². The van der Waals surface area contributed by atoms with Crippen molar-refractivity contribution in [2.24, 2.45) is 0 Å². The first kappa shape index (κ1) is 14.8. The Morgan fingerprint density at radius 1 is 1.25 bits per heavy atom. The van der Waals surface area contributed by atoms with Crippen LogP contribution in [0, 0.1) is 0 Å². The summed E-state index contributed by atoms with van der Waals surface area (Å²) >= 11 is 1.47. The minimum Gasteiger partial charge on any atom is -0.497 e. The van der Waals surface area contributed by atoms with Crippen LogP contribution in [0.5, 0.6) is 5.75 Å². The van der Waals surface area contributed by atoms with Crippen LogP contribution < -0.4 is 15.8 Å². The van der Waals surface area contributed by atoms with Crippen LogP contribution in [0.4, 0.5) is 16.8 Å². The lowest BCUT2D eigenvalue weighted by Crippen LogP contribution is -1.91. The van der Waals surface area contributed by atoms with Crippen molar-refractivity contribution in [3.8, 4) is 5.75 Å². The van der Waals surface area contributed by atoms with E-state index in [1.807, 2.05) is 24.3 Å². The Morgan fingerprint density at radius 3 is 2.92 bits per heavy atom. The molecule has 0 unspecified atom stereocenters. The fourth-order valence-electron chi connectivity index (χ4n) is 2.54. The number of benzene rings is 2. The average molecular weight is 340 g/mol. The predicted octanol–water partition coefficient (Wildman–Crippen LogP) is 4.33. The summed E-state index contributed by atoms with van der Waals surface area (Å²) in [6.07, 6.45) is 0.963. The second kappa shape index (κ2) is 5.68. The summed E-state index contributed by atoms with van der Waals surface area (Å²) in [6, 6.07) is 10.1. The van der Waals surface area contributed by atoms with Crippen molar-refractivity contribution >= 4 is 49.5 Å². The summed E-state index contributed by atoms with van der Waals surface area (Å²) in [5.74, 6) is 0.712. The molecule has 6 nitrogen and oxygen atoms in total. The molecule has 0 fully saturated rings. The lowest BCUT2D eigenvalue weighted by molar-refractivity contribution is 0.415. The SMILES string of the molecule is CCc1ccc2oc(Nc3nc4c(N)cc(OC)cc4s3)nc2c1. The molecule has 3 N–H and O–H groups in total. The third kappa shape index (κ3) is 2.52. The lowest BCUT2D eigenvalue weighted by Gasteiger charge is -2.00. The van der Waals surface area contributed by atoms with Crippen molar-refractivity contribution < 1.29 is 9.15 Å². The van der Waals surface area contributed by atoms with Gasteiger partial charge in [0, 0.05) is 6.07 Å². The van der Waals surface area contributed by atoms with Crippen molar-refractivity contribution in [2.75, 3.05) is 18.2 Å². The number of anilines is 3. The molecule has 0 bridgehead atoms. The lowest BCUT2D eigenvalue weighted by atomic mass is 10.1. The van der Waals surface area contributed by atoms with Crippen molar-refractivity contribution in [1.82, 2.24) is 9.97 Å². The molecule has 122 valence electrons. The first-order valence-electron chi connectivity index (χ1n) is 7.57. The molecule has 0 saturated heterocycles. The topological polar surface area (TPSA) is 86.2 Å². The number of nitrogens with two attached hydrogens (primary N) is 1. The van der Waals surface area contributed by atoms with Gasteiger partial charge in [-0.15, -0.1) is 0 Å². The molecule has 2 aromatic heterocycles. The van der Waals surface area contributed by atoms with E-state index in [-0.39, 0.29) is 0 Å². The zero-order valence-electron chi connectivity index (χ0n) is 13.3. The second-order valence-corrected chi connectivity index (χ2v) is 6.41. The van der Waals surface area contributed by atoms with Crippen LogP contribution in [-0.4, -0.2) is 17.1 Å². The number of oxazole rings is 1. The molecule has 0 aliphatic rings. The quantitative estimate of drug-likeness (QED) is 0.538. The number of methoxy groups -OCH3 is 1. The van der Waals surface area contributed by atoms with Crippen LogP contribution in [0.3, 0.4) is 0 Å². The first-order chi connectivity index (χ1) is 11.7. The molecular formula is C17H16N4O2S. The molecule has 0 atom stereocenters. The summed E-state index contributed by atoms with van der Waals surface area (Å²) in [5, 5.41) is 3.79. The van der Waals surface area contributed by atoms with Gasteiger partial charge < -0.3 is 14.9 Å². The Kier molecular flexibility index (Phi) is 3.50. The van der Waals surface area contributed by atoms with E-state index in [4.69, 9.17) is 14.9 Å². The highest BCUT2D eigenvalue weighted by molar-refractivity contribution is 7.22. The number of ether oxygens (including phenoxy) is 1. The van der Waals surface area contributed by atoms with E-state index < -0.39 is 0 Å². The Morgan fingerprint density at radius 2 is 2.12 bits per heavy atom. The number of aromatic nitrogens is 2. The number of nitrogens with one attached hydrogen (secondary N) is 1. The largest absolute Gasteiger partial charge is 0.497 e. The van der Waals surface area contributed by atoms with Crippen LogP contribution in [0.15, 0.2) is 34.7 Å². The molecular weight excluding hydrogens is 324 g/mol. The highest BCUT2D eigenvalue weighted by atomic mass is 32.1. The minimum atomic E-state index is 0.419. The number of aryl methyl sites for hydroxylation is 1. The number of hydrogen-bond acceptors (Lipinski definition) is 7. The molecule has 4 aromatic rings. The van der Waals surface area contributed by atoms with Gasteiger partial charge in [-0.25, -0.2) is 4.98 Å². The van der Waals surface area contributed by atoms with Gasteiger partial charge >= 0.3 is 6.01 Å². The molecule has 0 amide bonds. The summed E-state index contributed by atoms with van der Waals surface area (Å²) in [7, 11) is 1.61. The molecule has 0 aliphatic carbocycles. The van der Waals surface area contributed by atoms with E-state index >= 15 is 0 Å². The number of nitrogens with zero attached hydrogens (tertiary/aromatic N) is 2. The van der Waals surface area contributed by atoms with Gasteiger partial charge in [0.15, 0.2) is 10.7 Å². The number of rotatable bonds is 4. The third-order valence-electron chi connectivity index (χ3n) is 3.81. The monoisotopic (exact) mass is 340 g/mol. The number of hydrogen-bond donors (Lipinski definition) is 2. The smallest absolute Gasteiger partial charge is 0.302 e. The maximum Gasteiger partial charge on any atom is 0.302 e. The fourth-order valence-corrected chi connectivity index (χ4v) is 3.46. The van der Waals surface area contributed by atoms with E-state index in [0.29, 0.717) is 22.6 Å². The van der Waals surface area contributed by atoms with Crippen LogP contribution in [-0.2, 0) is 6.42 Å². The summed E-state index contributed by atoms with van der Waals surface area (Å²) < 4.78 is 11.9. The number of nitrogen functional groups attached to an aromatic ring is 1. The summed E-state index contributed by atoms with van der Waals surface area (Å²) in [5.41, 5.74) is 10.2. The molecule has 2 heterocycles. The van der Waals surface area contributed by atoms with Gasteiger partial charge in [0.25, 0.3) is 0 Å². The Bertz CT molecular complexity index is 1040. The summed E-state index contributed by atoms with van der Waals surface area (Å²) in [4.78, 5) is 8.99. The van der Waals surface area contributed by atoms with Crippen molar-refractivity contribution in [3.05, 3.63) is 35.9 Å². The normalized spacial score (nSPS) is 11.2. The maximum atomic E-state index is 6.03. The van der Waals surface area contributed by atoms with Gasteiger partial charge in [-0.05, 0) is 30.2 Å². The van der Waals surface area contributed by atoms with Gasteiger partial charge in [0.05, 0.1) is 17.5 Å². The zero-order chi connectivity index (χ0) is 16.7. The van der Waals surface area contributed by atoms with Crippen LogP contribution in [0.25, 0.3) is 21.3 Å². The highest BCUT2D eigenvalue weighted by Crippen LogP contribution is 2.35. The molecule has 7 heteroatoms. The minimum absolute atomic E-state index is 0.419. The van der Waals surface area contributed by atoms with Gasteiger partial charge in [-0.3, -0.25) is 5.32 Å². The van der Waals surface area contributed by atoms with Gasteiger partial charge in [-0.2, -0.15) is 4.98 Å². The van der Waals surface area contributed by atoms with Crippen molar-refractivity contribution in [3.63, 3.8) is 0 Å². The second-order valence-electron chi connectivity index (χ2n) is 5.38. The predicted molar refractivity (Wildman–Crippen MR) is 97.3 cm³/mol. The zero-order valence-corrected chi connectivity index (χ0v) is 14.1. The number of thiazole rings is 1. The van der Waals surface area contributed by atoms with Gasteiger partial charge in [-0.1, -0.05) is 24.3 Å². The Balaban J connectivity index is 1.69. The fraction of sp³-hybridized carbons (Fsp3) is 0.176. The van der Waals surface area contributed by atoms with E-state index in [1.165, 1.54) is 16.9 Å². The molecule has 4 rings (SSSR count). The average Bonchev–Trinajstić information content (AvgIpc) is 3.17. The Labute approximate surface area is 142 Å².